The molecule has 0 aromatic heterocycles. The number of hydrogen-bond acceptors (Lipinski definition) is 3. The lowest BCUT2D eigenvalue weighted by atomic mass is 10.2. The molecule has 0 atom stereocenters. The summed E-state index contributed by atoms with van der Waals surface area (Å²) in [6.07, 6.45) is 1.07. The molecule has 0 aliphatic heterocycles. The van der Waals surface area contributed by atoms with Gasteiger partial charge in [0.1, 0.15) is 0 Å². The number of hydrogen-bond donors (Lipinski definition) is 3. The van der Waals surface area contributed by atoms with Crippen LogP contribution in [-0.2, 0) is 9.59 Å². The van der Waals surface area contributed by atoms with Crippen LogP contribution in [-0.4, -0.2) is 18.4 Å². The van der Waals surface area contributed by atoms with Crippen LogP contribution in [0.15, 0.2) is 24.3 Å². The summed E-state index contributed by atoms with van der Waals surface area (Å²) in [6.45, 7) is 1.94. The first-order valence-corrected chi connectivity index (χ1v) is 5.49. The first kappa shape index (κ1) is 13.2. The third kappa shape index (κ3) is 5.12. The molecule has 4 N–H and O–H groups in total. The van der Waals surface area contributed by atoms with Gasteiger partial charge in [0.2, 0.25) is 11.8 Å². The Morgan fingerprint density at radius 3 is 2.47 bits per heavy atom. The van der Waals surface area contributed by atoms with Gasteiger partial charge in [-0.05, 0) is 31.2 Å². The largest absolute Gasteiger partial charge is 0.330 e. The first-order valence-electron chi connectivity index (χ1n) is 5.49. The second-order valence-corrected chi connectivity index (χ2v) is 3.70. The van der Waals surface area contributed by atoms with E-state index in [-0.39, 0.29) is 11.8 Å². The molecule has 1 aromatic rings. The van der Waals surface area contributed by atoms with E-state index in [1.165, 1.54) is 6.92 Å². The monoisotopic (exact) mass is 235 g/mol. The van der Waals surface area contributed by atoms with E-state index >= 15 is 0 Å². The van der Waals surface area contributed by atoms with E-state index in [1.807, 2.05) is 0 Å². The third-order valence-electron chi connectivity index (χ3n) is 2.07. The minimum atomic E-state index is -0.142. The van der Waals surface area contributed by atoms with Gasteiger partial charge in [-0.25, -0.2) is 0 Å². The van der Waals surface area contributed by atoms with E-state index in [0.717, 1.165) is 0 Å². The predicted molar refractivity (Wildman–Crippen MR) is 67.7 cm³/mol. The third-order valence-corrected chi connectivity index (χ3v) is 2.07. The lowest BCUT2D eigenvalue weighted by Crippen LogP contribution is -2.13. The van der Waals surface area contributed by atoms with Crippen molar-refractivity contribution in [3.63, 3.8) is 0 Å². The van der Waals surface area contributed by atoms with Crippen LogP contribution in [0, 0.1) is 0 Å². The molecule has 0 fully saturated rings. The second-order valence-electron chi connectivity index (χ2n) is 3.70. The SMILES string of the molecule is CC(=O)Nc1cccc(NC(=O)CCCN)c1. The van der Waals surface area contributed by atoms with Crippen LogP contribution in [0.5, 0.6) is 0 Å². The zero-order valence-corrected chi connectivity index (χ0v) is 9.82. The number of carbonyl (C=O) groups is 2. The molecule has 92 valence electrons. The van der Waals surface area contributed by atoms with Crippen molar-refractivity contribution in [3.8, 4) is 0 Å². The Bertz CT molecular complexity index is 404. The van der Waals surface area contributed by atoms with Gasteiger partial charge in [-0.2, -0.15) is 0 Å². The Morgan fingerprint density at radius 2 is 1.88 bits per heavy atom. The predicted octanol–water partition coefficient (Wildman–Crippen LogP) is 1.32. The number of nitrogens with two attached hydrogens (primary N) is 1. The van der Waals surface area contributed by atoms with Crippen molar-refractivity contribution in [2.24, 2.45) is 5.73 Å². The van der Waals surface area contributed by atoms with Gasteiger partial charge in [-0.15, -0.1) is 0 Å². The van der Waals surface area contributed by atoms with Crippen molar-refractivity contribution in [1.82, 2.24) is 0 Å². The van der Waals surface area contributed by atoms with Gasteiger partial charge in [-0.3, -0.25) is 9.59 Å². The minimum Gasteiger partial charge on any atom is -0.330 e. The Labute approximate surface area is 100 Å². The number of amides is 2. The van der Waals surface area contributed by atoms with Crippen LogP contribution in [0.25, 0.3) is 0 Å². The van der Waals surface area contributed by atoms with Crippen LogP contribution in [0.3, 0.4) is 0 Å². The summed E-state index contributed by atoms with van der Waals surface area (Å²) in [5.74, 6) is -0.216. The Balaban J connectivity index is 2.59. The quantitative estimate of drug-likeness (QED) is 0.719. The van der Waals surface area contributed by atoms with Crippen molar-refractivity contribution in [1.29, 1.82) is 0 Å². The molecule has 0 saturated carbocycles. The molecule has 1 aromatic carbocycles. The molecule has 0 saturated heterocycles. The van der Waals surface area contributed by atoms with E-state index in [9.17, 15) is 9.59 Å². The van der Waals surface area contributed by atoms with Crippen molar-refractivity contribution in [2.45, 2.75) is 19.8 Å². The molecule has 0 bridgehead atoms. The number of anilines is 2. The molecule has 1 rings (SSSR count). The summed E-state index contributed by atoms with van der Waals surface area (Å²) < 4.78 is 0. The van der Waals surface area contributed by atoms with Crippen LogP contribution in [0.2, 0.25) is 0 Å². The van der Waals surface area contributed by atoms with Gasteiger partial charge in [0.25, 0.3) is 0 Å². The van der Waals surface area contributed by atoms with Crippen LogP contribution < -0.4 is 16.4 Å². The van der Waals surface area contributed by atoms with Crippen molar-refractivity contribution in [3.05, 3.63) is 24.3 Å². The molecule has 2 amide bonds. The molecule has 0 heterocycles. The van der Waals surface area contributed by atoms with Gasteiger partial charge < -0.3 is 16.4 Å². The maximum atomic E-state index is 11.5. The van der Waals surface area contributed by atoms with Crippen LogP contribution in [0.4, 0.5) is 11.4 Å². The van der Waals surface area contributed by atoms with Crippen LogP contribution in [0.1, 0.15) is 19.8 Å². The van der Waals surface area contributed by atoms with E-state index in [2.05, 4.69) is 10.6 Å². The summed E-state index contributed by atoms with van der Waals surface area (Å²) in [5.41, 5.74) is 6.65. The molecular weight excluding hydrogens is 218 g/mol. The highest BCUT2D eigenvalue weighted by Crippen LogP contribution is 2.15. The van der Waals surface area contributed by atoms with Gasteiger partial charge in [-0.1, -0.05) is 6.07 Å². The number of rotatable bonds is 5. The zero-order valence-electron chi connectivity index (χ0n) is 9.82. The molecular formula is C12H17N3O2. The molecule has 17 heavy (non-hydrogen) atoms. The summed E-state index contributed by atoms with van der Waals surface area (Å²) in [7, 11) is 0. The Morgan fingerprint density at radius 1 is 1.24 bits per heavy atom. The van der Waals surface area contributed by atoms with E-state index in [0.29, 0.717) is 30.8 Å². The second kappa shape index (κ2) is 6.65. The first-order chi connectivity index (χ1) is 8.11. The van der Waals surface area contributed by atoms with Crippen LogP contribution >= 0.6 is 0 Å². The molecule has 5 heteroatoms. The topological polar surface area (TPSA) is 84.2 Å². The van der Waals surface area contributed by atoms with Crippen molar-refractivity contribution >= 4 is 23.2 Å². The van der Waals surface area contributed by atoms with E-state index < -0.39 is 0 Å². The highest BCUT2D eigenvalue weighted by Gasteiger charge is 2.02. The number of benzene rings is 1. The zero-order chi connectivity index (χ0) is 12.7. The Hall–Kier alpha value is -1.88. The maximum absolute atomic E-state index is 11.5. The summed E-state index contributed by atoms with van der Waals surface area (Å²) in [5, 5.41) is 5.40. The highest BCUT2D eigenvalue weighted by atomic mass is 16.2. The lowest BCUT2D eigenvalue weighted by molar-refractivity contribution is -0.116. The fraction of sp³-hybridized carbons (Fsp3) is 0.333. The standard InChI is InChI=1S/C12H17N3O2/c1-9(16)14-10-4-2-5-11(8-10)15-12(17)6-3-7-13/h2,4-5,8H,3,6-7,13H2,1H3,(H,14,16)(H,15,17). The van der Waals surface area contributed by atoms with Gasteiger partial charge in [0.15, 0.2) is 0 Å². The summed E-state index contributed by atoms with van der Waals surface area (Å²) in [4.78, 5) is 22.3. The lowest BCUT2D eigenvalue weighted by Gasteiger charge is -2.07. The molecule has 0 spiro atoms. The molecule has 0 aliphatic carbocycles. The summed E-state index contributed by atoms with van der Waals surface area (Å²) in [6, 6.07) is 7.01. The van der Waals surface area contributed by atoms with Gasteiger partial charge in [0, 0.05) is 24.7 Å². The Kier molecular flexibility index (Phi) is 5.16. The fourth-order valence-corrected chi connectivity index (χ4v) is 1.36. The van der Waals surface area contributed by atoms with E-state index in [1.54, 1.807) is 24.3 Å². The number of carbonyl (C=O) groups excluding carboxylic acids is 2. The van der Waals surface area contributed by atoms with Gasteiger partial charge >= 0.3 is 0 Å². The highest BCUT2D eigenvalue weighted by molar-refractivity contribution is 5.93. The normalized spacial score (nSPS) is 9.76. The summed E-state index contributed by atoms with van der Waals surface area (Å²) >= 11 is 0. The number of nitrogens with one attached hydrogen (secondary N) is 2. The van der Waals surface area contributed by atoms with E-state index in [4.69, 9.17) is 5.73 Å². The van der Waals surface area contributed by atoms with Gasteiger partial charge in [0.05, 0.1) is 0 Å². The molecule has 0 unspecified atom stereocenters. The van der Waals surface area contributed by atoms with Crippen molar-refractivity contribution in [2.75, 3.05) is 17.2 Å². The minimum absolute atomic E-state index is 0.0737. The molecule has 0 aliphatic rings. The smallest absolute Gasteiger partial charge is 0.224 e. The fourth-order valence-electron chi connectivity index (χ4n) is 1.36. The molecule has 5 nitrogen and oxygen atoms in total. The average Bonchev–Trinajstić information content (AvgIpc) is 2.26. The maximum Gasteiger partial charge on any atom is 0.224 e. The molecule has 0 radical (unpaired) electrons. The van der Waals surface area contributed by atoms with Crippen molar-refractivity contribution < 1.29 is 9.59 Å². The average molecular weight is 235 g/mol.